The molecule has 2 amide bonds. The van der Waals surface area contributed by atoms with E-state index >= 15 is 0 Å². The molecule has 0 unspecified atom stereocenters. The lowest BCUT2D eigenvalue weighted by Gasteiger charge is -2.21. The quantitative estimate of drug-likeness (QED) is 0.234. The minimum absolute atomic E-state index is 0.0584. The van der Waals surface area contributed by atoms with Crippen molar-refractivity contribution in [2.24, 2.45) is 0 Å². The Morgan fingerprint density at radius 3 is 2.00 bits per heavy atom. The molecule has 0 aliphatic heterocycles. The molecule has 7 nitrogen and oxygen atoms in total. The number of para-hydroxylation sites is 2. The molecule has 0 saturated carbocycles. The second-order valence-electron chi connectivity index (χ2n) is 8.40. The minimum Gasteiger partial charge on any atom is -0.490 e. The van der Waals surface area contributed by atoms with Gasteiger partial charge in [-0.15, -0.1) is 0 Å². The molecule has 0 bridgehead atoms. The Hall–Kier alpha value is -4.78. The third-order valence-electron chi connectivity index (χ3n) is 5.69. The third kappa shape index (κ3) is 7.61. The summed E-state index contributed by atoms with van der Waals surface area (Å²) in [4.78, 5) is 27.3. The molecule has 7 heteroatoms. The van der Waals surface area contributed by atoms with Gasteiger partial charge >= 0.3 is 0 Å². The first kappa shape index (κ1) is 26.3. The van der Waals surface area contributed by atoms with Crippen LogP contribution in [0.5, 0.6) is 11.5 Å². The standard InChI is InChI=1S/C31H31N3O4/c1-2-34(27-12-5-3-6-13-27)31(36)24-10-9-11-26(22-24)32-23-30(35)33-25-16-18-29(19-17-25)38-21-20-37-28-14-7-4-8-15-28/h3-19,22,32H,2,20-21,23H2,1H3,(H,33,35). The van der Waals surface area contributed by atoms with Crippen LogP contribution in [0.4, 0.5) is 17.1 Å². The number of hydrogen-bond acceptors (Lipinski definition) is 5. The molecule has 2 N–H and O–H groups in total. The molecule has 0 fully saturated rings. The van der Waals surface area contributed by atoms with Crippen LogP contribution in [0.25, 0.3) is 0 Å². The molecule has 0 aliphatic rings. The molecular weight excluding hydrogens is 478 g/mol. The first-order valence-corrected chi connectivity index (χ1v) is 12.5. The maximum Gasteiger partial charge on any atom is 0.258 e. The van der Waals surface area contributed by atoms with Gasteiger partial charge in [0.1, 0.15) is 24.7 Å². The largest absolute Gasteiger partial charge is 0.490 e. The fourth-order valence-corrected chi connectivity index (χ4v) is 3.83. The number of benzene rings is 4. The van der Waals surface area contributed by atoms with Gasteiger partial charge in [0, 0.05) is 29.2 Å². The van der Waals surface area contributed by atoms with E-state index in [-0.39, 0.29) is 18.4 Å². The molecule has 0 atom stereocenters. The van der Waals surface area contributed by atoms with Crippen LogP contribution in [0.15, 0.2) is 109 Å². The smallest absolute Gasteiger partial charge is 0.258 e. The van der Waals surface area contributed by atoms with Crippen LogP contribution in [0.1, 0.15) is 17.3 Å². The maximum absolute atomic E-state index is 13.1. The van der Waals surface area contributed by atoms with Crippen molar-refractivity contribution >= 4 is 28.9 Å². The van der Waals surface area contributed by atoms with Crippen molar-refractivity contribution < 1.29 is 19.1 Å². The van der Waals surface area contributed by atoms with Gasteiger partial charge < -0.3 is 25.0 Å². The molecule has 4 aromatic rings. The zero-order valence-corrected chi connectivity index (χ0v) is 21.3. The van der Waals surface area contributed by atoms with Gasteiger partial charge in [0.15, 0.2) is 0 Å². The molecule has 4 rings (SSSR count). The number of nitrogens with zero attached hydrogens (tertiary/aromatic N) is 1. The Morgan fingerprint density at radius 1 is 0.711 bits per heavy atom. The van der Waals surface area contributed by atoms with Gasteiger partial charge in [-0.3, -0.25) is 9.59 Å². The van der Waals surface area contributed by atoms with Crippen LogP contribution < -0.4 is 25.0 Å². The molecule has 194 valence electrons. The lowest BCUT2D eigenvalue weighted by Crippen LogP contribution is -2.30. The van der Waals surface area contributed by atoms with E-state index in [4.69, 9.17) is 9.47 Å². The lowest BCUT2D eigenvalue weighted by atomic mass is 10.1. The fraction of sp³-hybridized carbons (Fsp3) is 0.161. The van der Waals surface area contributed by atoms with Crippen LogP contribution in [0, 0.1) is 0 Å². The predicted molar refractivity (Wildman–Crippen MR) is 151 cm³/mol. The van der Waals surface area contributed by atoms with Crippen LogP contribution in [0.3, 0.4) is 0 Å². The number of ether oxygens (including phenoxy) is 2. The molecule has 38 heavy (non-hydrogen) atoms. The molecule has 0 aliphatic carbocycles. The Balaban J connectivity index is 1.23. The summed E-state index contributed by atoms with van der Waals surface area (Å²) in [6.45, 7) is 3.39. The van der Waals surface area contributed by atoms with Crippen LogP contribution in [0.2, 0.25) is 0 Å². The van der Waals surface area contributed by atoms with E-state index in [1.54, 1.807) is 47.4 Å². The van der Waals surface area contributed by atoms with Gasteiger partial charge in [0.05, 0.1) is 6.54 Å². The minimum atomic E-state index is -0.203. The highest BCUT2D eigenvalue weighted by atomic mass is 16.5. The third-order valence-corrected chi connectivity index (χ3v) is 5.69. The molecule has 0 heterocycles. The van der Waals surface area contributed by atoms with Gasteiger partial charge in [0.25, 0.3) is 5.91 Å². The number of carbonyl (C=O) groups is 2. The van der Waals surface area contributed by atoms with E-state index in [9.17, 15) is 9.59 Å². The molecule has 0 saturated heterocycles. The maximum atomic E-state index is 13.1. The number of carbonyl (C=O) groups excluding carboxylic acids is 2. The summed E-state index contributed by atoms with van der Waals surface area (Å²) < 4.78 is 11.3. The molecule has 4 aromatic carbocycles. The number of nitrogens with one attached hydrogen (secondary N) is 2. The van der Waals surface area contributed by atoms with Crippen LogP contribution in [-0.2, 0) is 4.79 Å². The predicted octanol–water partition coefficient (Wildman–Crippen LogP) is 5.86. The van der Waals surface area contributed by atoms with Gasteiger partial charge in [0.2, 0.25) is 5.91 Å². The molecule has 0 spiro atoms. The van der Waals surface area contributed by atoms with Crippen molar-refractivity contribution in [1.29, 1.82) is 0 Å². The van der Waals surface area contributed by atoms with E-state index in [1.165, 1.54) is 0 Å². The fourth-order valence-electron chi connectivity index (χ4n) is 3.83. The summed E-state index contributed by atoms with van der Waals surface area (Å²) >= 11 is 0. The van der Waals surface area contributed by atoms with E-state index in [1.807, 2.05) is 73.7 Å². The lowest BCUT2D eigenvalue weighted by molar-refractivity contribution is -0.114. The summed E-state index contributed by atoms with van der Waals surface area (Å²) in [5.41, 5.74) is 2.74. The van der Waals surface area contributed by atoms with Crippen molar-refractivity contribution in [2.45, 2.75) is 6.92 Å². The highest BCUT2D eigenvalue weighted by Crippen LogP contribution is 2.19. The average Bonchev–Trinajstić information content (AvgIpc) is 2.97. The molecule has 0 radical (unpaired) electrons. The second kappa shape index (κ2) is 13.5. The number of hydrogen-bond donors (Lipinski definition) is 2. The highest BCUT2D eigenvalue weighted by Gasteiger charge is 2.16. The number of anilines is 3. The molecular formula is C31H31N3O4. The summed E-state index contributed by atoms with van der Waals surface area (Å²) in [5, 5.41) is 5.95. The van der Waals surface area contributed by atoms with Gasteiger partial charge in [-0.2, -0.15) is 0 Å². The van der Waals surface area contributed by atoms with E-state index in [0.717, 1.165) is 11.4 Å². The van der Waals surface area contributed by atoms with Crippen molar-refractivity contribution in [1.82, 2.24) is 0 Å². The SMILES string of the molecule is CCN(C(=O)c1cccc(NCC(=O)Nc2ccc(OCCOc3ccccc3)cc2)c1)c1ccccc1. The molecule has 0 aromatic heterocycles. The van der Waals surface area contributed by atoms with Gasteiger partial charge in [-0.05, 0) is 73.7 Å². The second-order valence-corrected chi connectivity index (χ2v) is 8.40. The van der Waals surface area contributed by atoms with Crippen molar-refractivity contribution in [3.8, 4) is 11.5 Å². The number of rotatable bonds is 12. The summed E-state index contributed by atoms with van der Waals surface area (Å²) in [7, 11) is 0. The normalized spacial score (nSPS) is 10.3. The van der Waals surface area contributed by atoms with Crippen LogP contribution in [-0.4, -0.2) is 38.1 Å². The van der Waals surface area contributed by atoms with Crippen LogP contribution >= 0.6 is 0 Å². The monoisotopic (exact) mass is 509 g/mol. The van der Waals surface area contributed by atoms with Crippen molar-refractivity contribution in [2.75, 3.05) is 41.8 Å². The summed E-state index contributed by atoms with van der Waals surface area (Å²) in [5.74, 6) is 1.19. The zero-order chi connectivity index (χ0) is 26.6. The Bertz CT molecular complexity index is 1310. The van der Waals surface area contributed by atoms with Gasteiger partial charge in [-0.1, -0.05) is 42.5 Å². The summed E-state index contributed by atoms with van der Waals surface area (Å²) in [6, 6.07) is 33.5. The topological polar surface area (TPSA) is 79.9 Å². The zero-order valence-electron chi connectivity index (χ0n) is 21.3. The first-order valence-electron chi connectivity index (χ1n) is 12.5. The van der Waals surface area contributed by atoms with Gasteiger partial charge in [-0.25, -0.2) is 0 Å². The Kier molecular flexibility index (Phi) is 9.34. The Labute approximate surface area is 223 Å². The average molecular weight is 510 g/mol. The van der Waals surface area contributed by atoms with E-state index in [0.29, 0.717) is 42.4 Å². The summed E-state index contributed by atoms with van der Waals surface area (Å²) in [6.07, 6.45) is 0. The highest BCUT2D eigenvalue weighted by molar-refractivity contribution is 6.06. The van der Waals surface area contributed by atoms with Crippen molar-refractivity contribution in [3.05, 3.63) is 115 Å². The number of amides is 2. The van der Waals surface area contributed by atoms with E-state index in [2.05, 4.69) is 10.6 Å². The Morgan fingerprint density at radius 2 is 1.34 bits per heavy atom. The van der Waals surface area contributed by atoms with E-state index < -0.39 is 0 Å². The van der Waals surface area contributed by atoms with Crippen molar-refractivity contribution in [3.63, 3.8) is 0 Å². The first-order chi connectivity index (χ1) is 18.6.